The molecule has 0 fully saturated rings. The van der Waals surface area contributed by atoms with Crippen LogP contribution in [0.1, 0.15) is 65.7 Å². The summed E-state index contributed by atoms with van der Waals surface area (Å²) in [5.74, 6) is 0.667. The van der Waals surface area contributed by atoms with Crippen molar-refractivity contribution in [2.45, 2.75) is 71.8 Å². The van der Waals surface area contributed by atoms with Gasteiger partial charge in [-0.3, -0.25) is 0 Å². The van der Waals surface area contributed by atoms with Gasteiger partial charge in [-0.1, -0.05) is 46.5 Å². The lowest BCUT2D eigenvalue weighted by Crippen LogP contribution is -2.32. The van der Waals surface area contributed by atoms with Crippen LogP contribution in [0.3, 0.4) is 0 Å². The number of hydrogen-bond donors (Lipinski definition) is 1. The van der Waals surface area contributed by atoms with Gasteiger partial charge >= 0.3 is 0 Å². The van der Waals surface area contributed by atoms with Gasteiger partial charge in [0, 0.05) is 19.8 Å². The van der Waals surface area contributed by atoms with Crippen molar-refractivity contribution in [3.63, 3.8) is 0 Å². The minimum absolute atomic E-state index is 0.667. The van der Waals surface area contributed by atoms with E-state index in [1.807, 2.05) is 0 Å². The summed E-state index contributed by atoms with van der Waals surface area (Å²) in [5, 5.41) is 3.68. The first kappa shape index (κ1) is 16.9. The average Bonchev–Trinajstić information content (AvgIpc) is 2.31. The van der Waals surface area contributed by atoms with Crippen molar-refractivity contribution >= 4 is 0 Å². The Bertz CT molecular complexity index is 150. The molecule has 2 heteroatoms. The molecule has 0 heterocycles. The lowest BCUT2D eigenvalue weighted by atomic mass is 9.97. The van der Waals surface area contributed by atoms with Gasteiger partial charge in [0.1, 0.15) is 0 Å². The van der Waals surface area contributed by atoms with E-state index in [0.717, 1.165) is 13.2 Å². The predicted molar refractivity (Wildman–Crippen MR) is 76.5 cm³/mol. The average molecular weight is 243 g/mol. The SMILES string of the molecule is CCCCCCC(CC(C)COC)NCCC. The third-order valence-electron chi connectivity index (χ3n) is 3.23. The van der Waals surface area contributed by atoms with Gasteiger partial charge in [-0.25, -0.2) is 0 Å². The van der Waals surface area contributed by atoms with Crippen LogP contribution < -0.4 is 5.32 Å². The van der Waals surface area contributed by atoms with E-state index >= 15 is 0 Å². The molecule has 0 radical (unpaired) electrons. The molecule has 0 saturated carbocycles. The molecule has 0 aliphatic heterocycles. The summed E-state index contributed by atoms with van der Waals surface area (Å²) in [5.41, 5.74) is 0. The normalized spacial score (nSPS) is 14.8. The highest BCUT2D eigenvalue weighted by atomic mass is 16.5. The molecule has 0 aliphatic carbocycles. The number of methoxy groups -OCH3 is 1. The van der Waals surface area contributed by atoms with E-state index < -0.39 is 0 Å². The molecular weight excluding hydrogens is 210 g/mol. The Morgan fingerprint density at radius 3 is 2.41 bits per heavy atom. The van der Waals surface area contributed by atoms with Crippen LogP contribution in [0.2, 0.25) is 0 Å². The third kappa shape index (κ3) is 10.8. The van der Waals surface area contributed by atoms with Gasteiger partial charge in [0.25, 0.3) is 0 Å². The maximum Gasteiger partial charge on any atom is 0.0488 e. The molecule has 2 atom stereocenters. The summed E-state index contributed by atoms with van der Waals surface area (Å²) in [7, 11) is 1.80. The van der Waals surface area contributed by atoms with Gasteiger partial charge in [0.2, 0.25) is 0 Å². The first-order valence-electron chi connectivity index (χ1n) is 7.46. The van der Waals surface area contributed by atoms with Crippen LogP contribution in [0.15, 0.2) is 0 Å². The smallest absolute Gasteiger partial charge is 0.0488 e. The van der Waals surface area contributed by atoms with E-state index in [1.54, 1.807) is 7.11 Å². The van der Waals surface area contributed by atoms with Crippen molar-refractivity contribution in [3.8, 4) is 0 Å². The van der Waals surface area contributed by atoms with Crippen LogP contribution in [0.5, 0.6) is 0 Å². The minimum atomic E-state index is 0.667. The molecule has 0 aliphatic rings. The van der Waals surface area contributed by atoms with Crippen LogP contribution in [-0.2, 0) is 4.74 Å². The van der Waals surface area contributed by atoms with Gasteiger partial charge in [-0.2, -0.15) is 0 Å². The molecule has 0 bridgehead atoms. The van der Waals surface area contributed by atoms with Gasteiger partial charge in [-0.15, -0.1) is 0 Å². The predicted octanol–water partition coefficient (Wildman–Crippen LogP) is 4.00. The number of rotatable bonds is 12. The molecule has 1 N–H and O–H groups in total. The Labute approximate surface area is 109 Å². The summed E-state index contributed by atoms with van der Waals surface area (Å²) >= 11 is 0. The second-order valence-electron chi connectivity index (χ2n) is 5.30. The van der Waals surface area contributed by atoms with Crippen LogP contribution in [-0.4, -0.2) is 26.3 Å². The molecule has 2 nitrogen and oxygen atoms in total. The number of nitrogens with one attached hydrogen (secondary N) is 1. The molecule has 104 valence electrons. The maximum absolute atomic E-state index is 5.22. The Morgan fingerprint density at radius 2 is 1.82 bits per heavy atom. The Hall–Kier alpha value is -0.0800. The number of unbranched alkanes of at least 4 members (excludes halogenated alkanes) is 3. The second-order valence-corrected chi connectivity index (χ2v) is 5.30. The van der Waals surface area contributed by atoms with Crippen molar-refractivity contribution in [1.29, 1.82) is 0 Å². The van der Waals surface area contributed by atoms with Crippen molar-refractivity contribution < 1.29 is 4.74 Å². The van der Waals surface area contributed by atoms with Crippen molar-refractivity contribution in [2.24, 2.45) is 5.92 Å². The van der Waals surface area contributed by atoms with Crippen LogP contribution >= 0.6 is 0 Å². The lowest BCUT2D eigenvalue weighted by Gasteiger charge is -2.22. The third-order valence-corrected chi connectivity index (χ3v) is 3.23. The van der Waals surface area contributed by atoms with E-state index in [-0.39, 0.29) is 0 Å². The molecule has 0 aromatic carbocycles. The molecule has 0 rings (SSSR count). The fourth-order valence-electron chi connectivity index (χ4n) is 2.31. The molecular formula is C15H33NO. The van der Waals surface area contributed by atoms with E-state index in [2.05, 4.69) is 26.1 Å². The molecule has 2 unspecified atom stereocenters. The maximum atomic E-state index is 5.22. The highest BCUT2D eigenvalue weighted by Crippen LogP contribution is 2.13. The fraction of sp³-hybridized carbons (Fsp3) is 1.00. The monoisotopic (exact) mass is 243 g/mol. The van der Waals surface area contributed by atoms with Gasteiger partial charge in [0.15, 0.2) is 0 Å². The van der Waals surface area contributed by atoms with Gasteiger partial charge in [0.05, 0.1) is 0 Å². The lowest BCUT2D eigenvalue weighted by molar-refractivity contribution is 0.148. The largest absolute Gasteiger partial charge is 0.384 e. The zero-order valence-corrected chi connectivity index (χ0v) is 12.4. The number of hydrogen-bond acceptors (Lipinski definition) is 2. The van der Waals surface area contributed by atoms with E-state index in [0.29, 0.717) is 12.0 Å². The molecule has 17 heavy (non-hydrogen) atoms. The molecule has 0 aromatic rings. The summed E-state index contributed by atoms with van der Waals surface area (Å²) in [4.78, 5) is 0. The highest BCUT2D eigenvalue weighted by molar-refractivity contribution is 4.70. The summed E-state index contributed by atoms with van der Waals surface area (Å²) in [6.45, 7) is 8.83. The van der Waals surface area contributed by atoms with Gasteiger partial charge < -0.3 is 10.1 Å². The standard InChI is InChI=1S/C15H33NO/c1-5-7-8-9-10-15(16-11-6-2)12-14(3)13-17-4/h14-16H,5-13H2,1-4H3. The van der Waals surface area contributed by atoms with Crippen molar-refractivity contribution in [3.05, 3.63) is 0 Å². The topological polar surface area (TPSA) is 21.3 Å². The summed E-state index contributed by atoms with van der Waals surface area (Å²) < 4.78 is 5.22. The Morgan fingerprint density at radius 1 is 1.06 bits per heavy atom. The zero-order chi connectivity index (χ0) is 12.9. The van der Waals surface area contributed by atoms with E-state index in [9.17, 15) is 0 Å². The number of ether oxygens (including phenoxy) is 1. The first-order valence-corrected chi connectivity index (χ1v) is 7.46. The second kappa shape index (κ2) is 12.4. The van der Waals surface area contributed by atoms with E-state index in [4.69, 9.17) is 4.74 Å². The van der Waals surface area contributed by atoms with Crippen LogP contribution in [0.4, 0.5) is 0 Å². The van der Waals surface area contributed by atoms with Gasteiger partial charge in [-0.05, 0) is 31.7 Å². The van der Waals surface area contributed by atoms with Crippen molar-refractivity contribution in [2.75, 3.05) is 20.3 Å². The Kier molecular flexibility index (Phi) is 12.3. The molecule has 0 amide bonds. The molecule has 0 spiro atoms. The summed E-state index contributed by atoms with van der Waals surface area (Å²) in [6.07, 6.45) is 9.27. The van der Waals surface area contributed by atoms with E-state index in [1.165, 1.54) is 44.9 Å². The zero-order valence-electron chi connectivity index (χ0n) is 12.4. The molecule has 0 saturated heterocycles. The quantitative estimate of drug-likeness (QED) is 0.523. The Balaban J connectivity index is 3.78. The van der Waals surface area contributed by atoms with Crippen LogP contribution in [0.25, 0.3) is 0 Å². The summed E-state index contributed by atoms with van der Waals surface area (Å²) in [6, 6.07) is 0.692. The van der Waals surface area contributed by atoms with Crippen molar-refractivity contribution in [1.82, 2.24) is 5.32 Å². The highest BCUT2D eigenvalue weighted by Gasteiger charge is 2.12. The van der Waals surface area contributed by atoms with Crippen LogP contribution in [0, 0.1) is 5.92 Å². The fourth-order valence-corrected chi connectivity index (χ4v) is 2.31. The molecule has 0 aromatic heterocycles. The first-order chi connectivity index (χ1) is 8.24. The minimum Gasteiger partial charge on any atom is -0.384 e.